The van der Waals surface area contributed by atoms with Crippen molar-refractivity contribution in [3.8, 4) is 0 Å². The molecule has 0 radical (unpaired) electrons. The normalized spacial score (nSPS) is 11.1. The van der Waals surface area contributed by atoms with Gasteiger partial charge in [0.05, 0.1) is 0 Å². The molecule has 0 unspecified atom stereocenters. The number of rotatable bonds is 8. The highest BCUT2D eigenvalue weighted by Crippen LogP contribution is 2.40. The van der Waals surface area contributed by atoms with Crippen molar-refractivity contribution < 1.29 is 14.7 Å². The van der Waals surface area contributed by atoms with Crippen LogP contribution in [0, 0.1) is 0 Å². The van der Waals surface area contributed by atoms with E-state index in [1.54, 1.807) is 5.48 Å². The first-order chi connectivity index (χ1) is 13.3. The number of hydrogen-bond acceptors (Lipinski definition) is 3. The van der Waals surface area contributed by atoms with Crippen LogP contribution in [0.15, 0.2) is 91.0 Å². The van der Waals surface area contributed by atoms with E-state index in [1.165, 1.54) is 0 Å². The molecule has 0 aliphatic carbocycles. The third-order valence-corrected chi connectivity index (χ3v) is 4.53. The molecule has 4 nitrogen and oxygen atoms in total. The second-order valence-corrected chi connectivity index (χ2v) is 6.27. The van der Waals surface area contributed by atoms with Crippen molar-refractivity contribution in [1.29, 1.82) is 0 Å². The maximum atomic E-state index is 11.3. The number of carbonyl (C=O) groups excluding carboxylic acids is 1. The topological polar surface area (TPSA) is 58.6 Å². The Hall–Kier alpha value is -2.95. The summed E-state index contributed by atoms with van der Waals surface area (Å²) in [6.45, 7) is 0.367. The van der Waals surface area contributed by atoms with Crippen molar-refractivity contribution in [2.75, 3.05) is 6.61 Å². The monoisotopic (exact) mass is 361 g/mol. The van der Waals surface area contributed by atoms with Crippen molar-refractivity contribution in [3.05, 3.63) is 108 Å². The summed E-state index contributed by atoms with van der Waals surface area (Å²) >= 11 is 0. The Labute approximate surface area is 159 Å². The van der Waals surface area contributed by atoms with E-state index in [1.807, 2.05) is 54.6 Å². The van der Waals surface area contributed by atoms with Gasteiger partial charge in [-0.3, -0.25) is 10.0 Å². The maximum absolute atomic E-state index is 11.3. The van der Waals surface area contributed by atoms with Gasteiger partial charge in [0.2, 0.25) is 5.91 Å². The molecule has 0 saturated carbocycles. The van der Waals surface area contributed by atoms with E-state index in [2.05, 4.69) is 36.4 Å². The van der Waals surface area contributed by atoms with Crippen LogP contribution in [0.4, 0.5) is 0 Å². The van der Waals surface area contributed by atoms with Crippen LogP contribution >= 0.6 is 0 Å². The van der Waals surface area contributed by atoms with E-state index in [4.69, 9.17) is 9.94 Å². The zero-order valence-electron chi connectivity index (χ0n) is 15.0. The number of nitrogens with one attached hydrogen (secondary N) is 1. The predicted molar refractivity (Wildman–Crippen MR) is 104 cm³/mol. The third-order valence-electron chi connectivity index (χ3n) is 4.53. The minimum atomic E-state index is -0.778. The zero-order chi connectivity index (χ0) is 19.0. The summed E-state index contributed by atoms with van der Waals surface area (Å²) in [4.78, 5) is 11.3. The molecular formula is C23H23NO3. The van der Waals surface area contributed by atoms with Crippen LogP contribution < -0.4 is 5.48 Å². The molecule has 27 heavy (non-hydrogen) atoms. The van der Waals surface area contributed by atoms with Crippen LogP contribution in [0.2, 0.25) is 0 Å². The van der Waals surface area contributed by atoms with E-state index < -0.39 is 11.5 Å². The Balaban J connectivity index is 2.04. The highest BCUT2D eigenvalue weighted by Gasteiger charge is 2.37. The van der Waals surface area contributed by atoms with Gasteiger partial charge in [0, 0.05) is 13.0 Å². The van der Waals surface area contributed by atoms with Crippen molar-refractivity contribution in [3.63, 3.8) is 0 Å². The highest BCUT2D eigenvalue weighted by atomic mass is 16.5. The molecule has 3 aromatic carbocycles. The first-order valence-corrected chi connectivity index (χ1v) is 9.01. The molecular weight excluding hydrogens is 338 g/mol. The maximum Gasteiger partial charge on any atom is 0.243 e. The Morgan fingerprint density at radius 1 is 0.778 bits per heavy atom. The molecule has 4 heteroatoms. The molecule has 0 aliphatic heterocycles. The van der Waals surface area contributed by atoms with Crippen LogP contribution in [0.1, 0.15) is 29.5 Å². The van der Waals surface area contributed by atoms with Gasteiger partial charge in [-0.05, 0) is 23.1 Å². The molecule has 0 saturated heterocycles. The minimum Gasteiger partial charge on any atom is -0.361 e. The lowest BCUT2D eigenvalue weighted by molar-refractivity contribution is -0.129. The smallest absolute Gasteiger partial charge is 0.243 e. The zero-order valence-corrected chi connectivity index (χ0v) is 15.0. The first kappa shape index (κ1) is 18.8. The highest BCUT2D eigenvalue weighted by molar-refractivity contribution is 5.74. The van der Waals surface area contributed by atoms with Crippen LogP contribution in [-0.4, -0.2) is 17.7 Å². The SMILES string of the molecule is O=C(CCCOC(c1ccccc1)(c1ccccc1)c1ccccc1)NO. The van der Waals surface area contributed by atoms with Gasteiger partial charge in [0.1, 0.15) is 5.60 Å². The molecule has 2 N–H and O–H groups in total. The lowest BCUT2D eigenvalue weighted by atomic mass is 9.80. The lowest BCUT2D eigenvalue weighted by Crippen LogP contribution is -2.33. The van der Waals surface area contributed by atoms with E-state index >= 15 is 0 Å². The Kier molecular flexibility index (Phi) is 6.36. The van der Waals surface area contributed by atoms with Crippen LogP contribution in [0.3, 0.4) is 0 Å². The second kappa shape index (κ2) is 9.12. The molecule has 138 valence electrons. The summed E-state index contributed by atoms with van der Waals surface area (Å²) in [7, 11) is 0. The number of carbonyl (C=O) groups is 1. The van der Waals surface area contributed by atoms with Crippen molar-refractivity contribution in [2.45, 2.75) is 18.4 Å². The summed E-state index contributed by atoms with van der Waals surface area (Å²) in [6.07, 6.45) is 0.700. The van der Waals surface area contributed by atoms with Crippen LogP contribution in [0.5, 0.6) is 0 Å². The average molecular weight is 361 g/mol. The fourth-order valence-corrected chi connectivity index (χ4v) is 3.28. The quantitative estimate of drug-likeness (QED) is 0.272. The molecule has 3 rings (SSSR count). The summed E-state index contributed by atoms with van der Waals surface area (Å²) in [6, 6.07) is 30.3. The number of ether oxygens (including phenoxy) is 1. The standard InChI is InChI=1S/C23H23NO3/c25-22(24-26)17-10-18-27-23(19-11-4-1-5-12-19,20-13-6-2-7-14-20)21-15-8-3-9-16-21/h1-9,11-16,26H,10,17-18H2,(H,24,25). The van der Waals surface area contributed by atoms with Gasteiger partial charge in [-0.15, -0.1) is 0 Å². The number of hydroxylamine groups is 1. The molecule has 0 bridgehead atoms. The molecule has 0 fully saturated rings. The van der Waals surface area contributed by atoms with E-state index in [9.17, 15) is 4.79 Å². The Bertz CT molecular complexity index is 739. The van der Waals surface area contributed by atoms with Crippen molar-refractivity contribution in [1.82, 2.24) is 5.48 Å². The van der Waals surface area contributed by atoms with Crippen molar-refractivity contribution >= 4 is 5.91 Å². The summed E-state index contributed by atoms with van der Waals surface area (Å²) < 4.78 is 6.52. The second-order valence-electron chi connectivity index (χ2n) is 6.27. The lowest BCUT2D eigenvalue weighted by Gasteiger charge is -2.36. The number of hydrogen-bond donors (Lipinski definition) is 2. The fourth-order valence-electron chi connectivity index (χ4n) is 3.28. The predicted octanol–water partition coefficient (Wildman–Crippen LogP) is 4.28. The molecule has 0 aliphatic rings. The third kappa shape index (κ3) is 4.25. The Morgan fingerprint density at radius 3 is 1.56 bits per heavy atom. The molecule has 1 amide bonds. The van der Waals surface area contributed by atoms with E-state index in [-0.39, 0.29) is 6.42 Å². The molecule has 0 aromatic heterocycles. The number of amides is 1. The molecule has 0 atom stereocenters. The van der Waals surface area contributed by atoms with Crippen molar-refractivity contribution in [2.24, 2.45) is 0 Å². The Morgan fingerprint density at radius 2 is 1.19 bits per heavy atom. The number of benzene rings is 3. The molecule has 3 aromatic rings. The molecule has 0 heterocycles. The van der Waals surface area contributed by atoms with Crippen LogP contribution in [-0.2, 0) is 15.1 Å². The van der Waals surface area contributed by atoms with Gasteiger partial charge < -0.3 is 4.74 Å². The van der Waals surface area contributed by atoms with Gasteiger partial charge in [-0.2, -0.15) is 0 Å². The summed E-state index contributed by atoms with van der Waals surface area (Å²) in [5, 5.41) is 8.69. The largest absolute Gasteiger partial charge is 0.361 e. The van der Waals surface area contributed by atoms with E-state index in [0.717, 1.165) is 16.7 Å². The van der Waals surface area contributed by atoms with Gasteiger partial charge in [0.25, 0.3) is 0 Å². The summed E-state index contributed by atoms with van der Waals surface area (Å²) in [5.41, 5.74) is 3.95. The first-order valence-electron chi connectivity index (χ1n) is 9.01. The van der Waals surface area contributed by atoms with Gasteiger partial charge in [0.15, 0.2) is 0 Å². The van der Waals surface area contributed by atoms with Gasteiger partial charge >= 0.3 is 0 Å². The van der Waals surface area contributed by atoms with Gasteiger partial charge in [-0.1, -0.05) is 91.0 Å². The van der Waals surface area contributed by atoms with E-state index in [0.29, 0.717) is 13.0 Å². The summed E-state index contributed by atoms with van der Waals surface area (Å²) in [5.74, 6) is -0.414. The average Bonchev–Trinajstić information content (AvgIpc) is 2.75. The van der Waals surface area contributed by atoms with Crippen LogP contribution in [0.25, 0.3) is 0 Å². The molecule has 0 spiro atoms. The minimum absolute atomic E-state index is 0.199. The fraction of sp³-hybridized carbons (Fsp3) is 0.174. The van der Waals surface area contributed by atoms with Gasteiger partial charge in [-0.25, -0.2) is 5.48 Å².